The average Bonchev–Trinajstić information content (AvgIpc) is 2.16. The van der Waals surface area contributed by atoms with E-state index in [1.165, 1.54) is 12.1 Å². The van der Waals surface area contributed by atoms with Crippen molar-refractivity contribution in [2.24, 2.45) is 5.73 Å². The number of benzene rings is 1. The third-order valence-electron chi connectivity index (χ3n) is 2.08. The summed E-state index contributed by atoms with van der Waals surface area (Å²) in [5.74, 6) is 0. The molecule has 0 aliphatic rings. The molecule has 1 aromatic carbocycles. The molecule has 1 atom stereocenters. The Kier molecular flexibility index (Phi) is 3.43. The first-order valence-electron chi connectivity index (χ1n) is 4.22. The summed E-state index contributed by atoms with van der Waals surface area (Å²) in [6.45, 7) is 1.33. The van der Waals surface area contributed by atoms with Gasteiger partial charge in [0.2, 0.25) is 0 Å². The Morgan fingerprint density at radius 3 is 2.67 bits per heavy atom. The highest BCUT2D eigenvalue weighted by Gasteiger charge is 2.23. The van der Waals surface area contributed by atoms with Gasteiger partial charge in [-0.1, -0.05) is 15.9 Å². The second kappa shape index (κ2) is 4.26. The van der Waals surface area contributed by atoms with Crippen molar-refractivity contribution in [1.82, 2.24) is 0 Å². The number of nitrogens with two attached hydrogens (primary N) is 1. The molecule has 0 bridgehead atoms. The van der Waals surface area contributed by atoms with Crippen molar-refractivity contribution in [3.05, 3.63) is 38.3 Å². The van der Waals surface area contributed by atoms with Gasteiger partial charge in [-0.15, -0.1) is 0 Å². The van der Waals surface area contributed by atoms with E-state index < -0.39 is 10.5 Å². The van der Waals surface area contributed by atoms with Gasteiger partial charge in [-0.2, -0.15) is 0 Å². The van der Waals surface area contributed by atoms with Gasteiger partial charge in [0.15, 0.2) is 0 Å². The lowest BCUT2D eigenvalue weighted by Gasteiger charge is -2.22. The Morgan fingerprint density at radius 1 is 1.60 bits per heavy atom. The first-order chi connectivity index (χ1) is 6.86. The number of hydrogen-bond donors (Lipinski definition) is 2. The van der Waals surface area contributed by atoms with E-state index in [4.69, 9.17) is 10.8 Å². The zero-order valence-corrected chi connectivity index (χ0v) is 9.69. The van der Waals surface area contributed by atoms with E-state index in [1.807, 2.05) is 0 Å². The summed E-state index contributed by atoms with van der Waals surface area (Å²) < 4.78 is 0.567. The third-order valence-corrected chi connectivity index (χ3v) is 2.54. The molecule has 0 fully saturated rings. The van der Waals surface area contributed by atoms with Crippen molar-refractivity contribution in [3.63, 3.8) is 0 Å². The molecule has 1 aromatic rings. The van der Waals surface area contributed by atoms with Crippen LogP contribution in [-0.2, 0) is 5.54 Å². The normalized spacial score (nSPS) is 14.7. The molecule has 0 saturated carbocycles. The van der Waals surface area contributed by atoms with Crippen LogP contribution in [0.2, 0.25) is 0 Å². The molecule has 0 spiro atoms. The van der Waals surface area contributed by atoms with Crippen LogP contribution in [0.3, 0.4) is 0 Å². The van der Waals surface area contributed by atoms with Gasteiger partial charge in [0.05, 0.1) is 17.1 Å². The van der Waals surface area contributed by atoms with Gasteiger partial charge < -0.3 is 10.8 Å². The SMILES string of the molecule is C[C@](N)(CO)c1cc(Br)cc([N+](=O)[O-])c1. The van der Waals surface area contributed by atoms with Gasteiger partial charge in [-0.05, 0) is 18.6 Å². The highest BCUT2D eigenvalue weighted by Crippen LogP contribution is 2.26. The lowest BCUT2D eigenvalue weighted by molar-refractivity contribution is -0.385. The predicted molar refractivity (Wildman–Crippen MR) is 59.4 cm³/mol. The van der Waals surface area contributed by atoms with Crippen molar-refractivity contribution in [1.29, 1.82) is 0 Å². The summed E-state index contributed by atoms with van der Waals surface area (Å²) in [5.41, 5.74) is 5.27. The monoisotopic (exact) mass is 274 g/mol. The highest BCUT2D eigenvalue weighted by atomic mass is 79.9. The first-order valence-corrected chi connectivity index (χ1v) is 5.01. The average molecular weight is 275 g/mol. The maximum Gasteiger partial charge on any atom is 0.270 e. The van der Waals surface area contributed by atoms with E-state index in [1.54, 1.807) is 13.0 Å². The molecule has 0 amide bonds. The van der Waals surface area contributed by atoms with E-state index in [9.17, 15) is 10.1 Å². The van der Waals surface area contributed by atoms with Gasteiger partial charge in [-0.3, -0.25) is 10.1 Å². The van der Waals surface area contributed by atoms with Crippen LogP contribution in [0, 0.1) is 10.1 Å². The molecule has 0 radical (unpaired) electrons. The fourth-order valence-corrected chi connectivity index (χ4v) is 1.58. The number of nitrogens with zero attached hydrogens (tertiary/aromatic N) is 1. The highest BCUT2D eigenvalue weighted by molar-refractivity contribution is 9.10. The maximum absolute atomic E-state index is 10.6. The summed E-state index contributed by atoms with van der Waals surface area (Å²) in [5, 5.41) is 19.7. The third kappa shape index (κ3) is 2.74. The number of hydrogen-bond acceptors (Lipinski definition) is 4. The van der Waals surface area contributed by atoms with Crippen LogP contribution in [-0.4, -0.2) is 16.6 Å². The molecule has 6 heteroatoms. The number of nitro groups is 1. The Hall–Kier alpha value is -0.980. The van der Waals surface area contributed by atoms with Gasteiger partial charge in [0, 0.05) is 16.6 Å². The fourth-order valence-electron chi connectivity index (χ4n) is 1.10. The Labute approximate surface area is 95.2 Å². The van der Waals surface area contributed by atoms with E-state index in [-0.39, 0.29) is 12.3 Å². The van der Waals surface area contributed by atoms with Crippen LogP contribution in [0.15, 0.2) is 22.7 Å². The van der Waals surface area contributed by atoms with Crippen molar-refractivity contribution in [2.75, 3.05) is 6.61 Å². The van der Waals surface area contributed by atoms with Crippen molar-refractivity contribution < 1.29 is 10.0 Å². The number of nitro benzene ring substituents is 1. The van der Waals surface area contributed by atoms with Crippen molar-refractivity contribution >= 4 is 21.6 Å². The van der Waals surface area contributed by atoms with Crippen LogP contribution in [0.5, 0.6) is 0 Å². The van der Waals surface area contributed by atoms with Gasteiger partial charge in [0.1, 0.15) is 0 Å². The first kappa shape index (κ1) is 12.1. The molecular weight excluding hydrogens is 264 g/mol. The molecular formula is C9H11BrN2O3. The zero-order chi connectivity index (χ0) is 11.6. The lowest BCUT2D eigenvalue weighted by Crippen LogP contribution is -2.36. The molecule has 0 heterocycles. The van der Waals surface area contributed by atoms with Gasteiger partial charge >= 0.3 is 0 Å². The number of aliphatic hydroxyl groups excluding tert-OH is 1. The molecule has 15 heavy (non-hydrogen) atoms. The standard InChI is InChI=1S/C9H11BrN2O3/c1-9(11,5-13)6-2-7(10)4-8(3-6)12(14)15/h2-4,13H,5,11H2,1H3/t9-/m0/s1. The Morgan fingerprint density at radius 2 is 2.20 bits per heavy atom. The molecule has 0 saturated heterocycles. The summed E-state index contributed by atoms with van der Waals surface area (Å²) in [6, 6.07) is 4.40. The van der Waals surface area contributed by atoms with E-state index in [0.717, 1.165) is 0 Å². The minimum atomic E-state index is -0.978. The molecule has 0 aromatic heterocycles. The van der Waals surface area contributed by atoms with E-state index >= 15 is 0 Å². The van der Waals surface area contributed by atoms with E-state index in [2.05, 4.69) is 15.9 Å². The largest absolute Gasteiger partial charge is 0.394 e. The molecule has 5 nitrogen and oxygen atoms in total. The number of rotatable bonds is 3. The van der Waals surface area contributed by atoms with Crippen LogP contribution in [0.25, 0.3) is 0 Å². The van der Waals surface area contributed by atoms with Crippen LogP contribution < -0.4 is 5.73 Å². The van der Waals surface area contributed by atoms with Crippen LogP contribution >= 0.6 is 15.9 Å². The Bertz CT molecular complexity index is 393. The van der Waals surface area contributed by atoms with Crippen molar-refractivity contribution in [2.45, 2.75) is 12.5 Å². The molecule has 3 N–H and O–H groups in total. The van der Waals surface area contributed by atoms with Crippen LogP contribution in [0.4, 0.5) is 5.69 Å². The van der Waals surface area contributed by atoms with Crippen LogP contribution in [0.1, 0.15) is 12.5 Å². The summed E-state index contributed by atoms with van der Waals surface area (Å²) in [6.07, 6.45) is 0. The smallest absolute Gasteiger partial charge is 0.270 e. The minimum absolute atomic E-state index is 0.0514. The second-order valence-electron chi connectivity index (χ2n) is 3.53. The van der Waals surface area contributed by atoms with Crippen molar-refractivity contribution in [3.8, 4) is 0 Å². The van der Waals surface area contributed by atoms with Gasteiger partial charge in [-0.25, -0.2) is 0 Å². The zero-order valence-electron chi connectivity index (χ0n) is 8.11. The Balaban J connectivity index is 3.26. The number of halogens is 1. The number of non-ortho nitro benzene ring substituents is 1. The molecule has 1 rings (SSSR count). The fraction of sp³-hybridized carbons (Fsp3) is 0.333. The molecule has 0 aliphatic heterocycles. The van der Waals surface area contributed by atoms with E-state index in [0.29, 0.717) is 10.0 Å². The molecule has 0 aliphatic carbocycles. The van der Waals surface area contributed by atoms with Gasteiger partial charge in [0.25, 0.3) is 5.69 Å². The summed E-state index contributed by atoms with van der Waals surface area (Å²) in [4.78, 5) is 10.1. The maximum atomic E-state index is 10.6. The quantitative estimate of drug-likeness (QED) is 0.646. The summed E-state index contributed by atoms with van der Waals surface area (Å²) >= 11 is 3.16. The summed E-state index contributed by atoms with van der Waals surface area (Å²) in [7, 11) is 0. The lowest BCUT2D eigenvalue weighted by atomic mass is 9.94. The predicted octanol–water partition coefficient (Wildman–Crippen LogP) is 1.52. The number of aliphatic hydroxyl groups is 1. The topological polar surface area (TPSA) is 89.4 Å². The molecule has 0 unspecified atom stereocenters. The second-order valence-corrected chi connectivity index (χ2v) is 4.45. The molecule has 82 valence electrons. The minimum Gasteiger partial charge on any atom is -0.394 e.